The van der Waals surface area contributed by atoms with E-state index in [-0.39, 0.29) is 12.0 Å². The molecule has 0 N–H and O–H groups in total. The van der Waals surface area contributed by atoms with Crippen LogP contribution < -0.4 is 0 Å². The van der Waals surface area contributed by atoms with Crippen molar-refractivity contribution in [3.8, 4) is 0 Å². The van der Waals surface area contributed by atoms with Crippen LogP contribution in [0.1, 0.15) is 6.92 Å². The molecular formula is C8H15NO3. The second-order valence-corrected chi connectivity index (χ2v) is 2.97. The number of rotatable bonds is 2. The number of carbonyl (C=O) groups is 1. The zero-order valence-electron chi connectivity index (χ0n) is 7.58. The van der Waals surface area contributed by atoms with Gasteiger partial charge in [0.15, 0.2) is 0 Å². The molecule has 0 aromatic rings. The summed E-state index contributed by atoms with van der Waals surface area (Å²) in [6, 6.07) is 0. The minimum atomic E-state index is 0.0487. The van der Waals surface area contributed by atoms with Crippen molar-refractivity contribution in [1.29, 1.82) is 0 Å². The van der Waals surface area contributed by atoms with Crippen LogP contribution in [-0.4, -0.2) is 50.3 Å². The van der Waals surface area contributed by atoms with Crippen molar-refractivity contribution in [2.45, 2.75) is 13.0 Å². The highest BCUT2D eigenvalue weighted by atomic mass is 16.6. The molecule has 0 saturated carbocycles. The van der Waals surface area contributed by atoms with Crippen LogP contribution in [0.15, 0.2) is 0 Å². The molecule has 0 aliphatic carbocycles. The molecular weight excluding hydrogens is 158 g/mol. The van der Waals surface area contributed by atoms with Crippen LogP contribution in [0, 0.1) is 0 Å². The predicted molar refractivity (Wildman–Crippen MR) is 43.9 cm³/mol. The molecule has 0 aromatic carbocycles. The summed E-state index contributed by atoms with van der Waals surface area (Å²) in [5, 5.41) is 0. The normalized spacial score (nSPS) is 23.7. The maximum absolute atomic E-state index is 10.8. The lowest BCUT2D eigenvalue weighted by Crippen LogP contribution is -2.40. The Morgan fingerprint density at radius 1 is 1.58 bits per heavy atom. The minimum absolute atomic E-state index is 0.0487. The van der Waals surface area contributed by atoms with Crippen LogP contribution in [0.5, 0.6) is 0 Å². The molecule has 1 unspecified atom stereocenters. The van der Waals surface area contributed by atoms with Crippen molar-refractivity contribution in [1.82, 2.24) is 4.90 Å². The largest absolute Gasteiger partial charge is 0.376 e. The van der Waals surface area contributed by atoms with E-state index in [0.717, 1.165) is 0 Å². The summed E-state index contributed by atoms with van der Waals surface area (Å²) in [6.07, 6.45) is 0.0487. The Hall–Kier alpha value is -0.610. The summed E-state index contributed by atoms with van der Waals surface area (Å²) in [5.41, 5.74) is 0. The molecule has 1 heterocycles. The zero-order valence-corrected chi connectivity index (χ0v) is 7.58. The van der Waals surface area contributed by atoms with Crippen LogP contribution in [0.25, 0.3) is 0 Å². The number of amides is 1. The summed E-state index contributed by atoms with van der Waals surface area (Å²) in [5.74, 6) is 0.0594. The summed E-state index contributed by atoms with van der Waals surface area (Å²) in [4.78, 5) is 12.5. The lowest BCUT2D eigenvalue weighted by Gasteiger charge is -2.26. The Morgan fingerprint density at radius 2 is 2.33 bits per heavy atom. The topological polar surface area (TPSA) is 38.8 Å². The number of likely N-dealkylation sites (N-methyl/N-ethyl adjacent to an activating group) is 1. The first-order valence-corrected chi connectivity index (χ1v) is 4.11. The molecule has 0 spiro atoms. The fourth-order valence-electron chi connectivity index (χ4n) is 1.08. The van der Waals surface area contributed by atoms with Crippen molar-refractivity contribution in [3.63, 3.8) is 0 Å². The van der Waals surface area contributed by atoms with E-state index >= 15 is 0 Å². The Bertz CT molecular complexity index is 154. The quantitative estimate of drug-likeness (QED) is 0.584. The van der Waals surface area contributed by atoms with Crippen molar-refractivity contribution < 1.29 is 14.3 Å². The van der Waals surface area contributed by atoms with Crippen LogP contribution in [-0.2, 0) is 14.3 Å². The third-order valence-electron chi connectivity index (χ3n) is 1.90. The SMILES string of the molecule is CC(=O)N(C)CC1COCCO1. The lowest BCUT2D eigenvalue weighted by molar-refractivity contribution is -0.134. The maximum atomic E-state index is 10.8. The van der Waals surface area contributed by atoms with Crippen LogP contribution >= 0.6 is 0 Å². The molecule has 1 saturated heterocycles. The highest BCUT2D eigenvalue weighted by Gasteiger charge is 2.17. The van der Waals surface area contributed by atoms with Gasteiger partial charge in [-0.1, -0.05) is 0 Å². The molecule has 4 heteroatoms. The Kier molecular flexibility index (Phi) is 3.49. The third-order valence-corrected chi connectivity index (χ3v) is 1.90. The van der Waals surface area contributed by atoms with Gasteiger partial charge in [0.2, 0.25) is 5.91 Å². The van der Waals surface area contributed by atoms with E-state index in [1.54, 1.807) is 18.9 Å². The van der Waals surface area contributed by atoms with E-state index in [9.17, 15) is 4.79 Å². The molecule has 1 aliphatic rings. The molecule has 1 amide bonds. The predicted octanol–water partition coefficient (Wildman–Crippen LogP) is -0.120. The number of hydrogen-bond acceptors (Lipinski definition) is 3. The van der Waals surface area contributed by atoms with Crippen molar-refractivity contribution >= 4 is 5.91 Å². The number of ether oxygens (including phenoxy) is 2. The van der Waals surface area contributed by atoms with Gasteiger partial charge in [0.25, 0.3) is 0 Å². The molecule has 0 aromatic heterocycles. The van der Waals surface area contributed by atoms with Gasteiger partial charge >= 0.3 is 0 Å². The summed E-state index contributed by atoms with van der Waals surface area (Å²) < 4.78 is 10.6. The number of nitrogens with zero attached hydrogens (tertiary/aromatic N) is 1. The minimum Gasteiger partial charge on any atom is -0.376 e. The van der Waals surface area contributed by atoms with Gasteiger partial charge in [0.05, 0.1) is 25.9 Å². The molecule has 1 rings (SSSR count). The summed E-state index contributed by atoms with van der Waals surface area (Å²) in [6.45, 7) is 4.06. The fraction of sp³-hybridized carbons (Fsp3) is 0.875. The monoisotopic (exact) mass is 173 g/mol. The summed E-state index contributed by atoms with van der Waals surface area (Å²) >= 11 is 0. The second-order valence-electron chi connectivity index (χ2n) is 2.97. The van der Waals surface area contributed by atoms with Crippen LogP contribution in [0.4, 0.5) is 0 Å². The number of carbonyl (C=O) groups excluding carboxylic acids is 1. The standard InChI is InChI=1S/C8H15NO3/c1-7(10)9(2)5-8-6-11-3-4-12-8/h8H,3-6H2,1-2H3. The highest BCUT2D eigenvalue weighted by Crippen LogP contribution is 2.02. The second kappa shape index (κ2) is 4.42. The van der Waals surface area contributed by atoms with Crippen molar-refractivity contribution in [2.24, 2.45) is 0 Å². The van der Waals surface area contributed by atoms with Gasteiger partial charge in [-0.15, -0.1) is 0 Å². The van der Waals surface area contributed by atoms with E-state index in [1.807, 2.05) is 0 Å². The summed E-state index contributed by atoms with van der Waals surface area (Å²) in [7, 11) is 1.76. The average Bonchev–Trinajstić information content (AvgIpc) is 2.06. The van der Waals surface area contributed by atoms with Crippen LogP contribution in [0.2, 0.25) is 0 Å². The Morgan fingerprint density at radius 3 is 2.83 bits per heavy atom. The molecule has 1 atom stereocenters. The molecule has 70 valence electrons. The van der Waals surface area contributed by atoms with Crippen LogP contribution in [0.3, 0.4) is 0 Å². The van der Waals surface area contributed by atoms with Gasteiger partial charge in [-0.2, -0.15) is 0 Å². The maximum Gasteiger partial charge on any atom is 0.219 e. The zero-order chi connectivity index (χ0) is 8.97. The van der Waals surface area contributed by atoms with E-state index in [1.165, 1.54) is 0 Å². The Balaban J connectivity index is 2.24. The number of hydrogen-bond donors (Lipinski definition) is 0. The first kappa shape index (κ1) is 9.48. The van der Waals surface area contributed by atoms with E-state index in [0.29, 0.717) is 26.4 Å². The molecule has 1 fully saturated rings. The van der Waals surface area contributed by atoms with Gasteiger partial charge in [-0.3, -0.25) is 4.79 Å². The van der Waals surface area contributed by atoms with Crippen molar-refractivity contribution in [3.05, 3.63) is 0 Å². The van der Waals surface area contributed by atoms with Gasteiger partial charge in [-0.25, -0.2) is 0 Å². The van der Waals surface area contributed by atoms with E-state index in [4.69, 9.17) is 9.47 Å². The molecule has 0 bridgehead atoms. The highest BCUT2D eigenvalue weighted by molar-refractivity contribution is 5.72. The molecule has 1 aliphatic heterocycles. The molecule has 4 nitrogen and oxygen atoms in total. The van der Waals surface area contributed by atoms with E-state index < -0.39 is 0 Å². The first-order chi connectivity index (χ1) is 5.70. The molecule has 0 radical (unpaired) electrons. The van der Waals surface area contributed by atoms with Gasteiger partial charge in [-0.05, 0) is 0 Å². The Labute approximate surface area is 72.4 Å². The van der Waals surface area contributed by atoms with Gasteiger partial charge in [0.1, 0.15) is 0 Å². The lowest BCUT2D eigenvalue weighted by atomic mass is 10.3. The van der Waals surface area contributed by atoms with Crippen molar-refractivity contribution in [2.75, 3.05) is 33.4 Å². The fourth-order valence-corrected chi connectivity index (χ4v) is 1.08. The third kappa shape index (κ3) is 2.79. The first-order valence-electron chi connectivity index (χ1n) is 4.11. The smallest absolute Gasteiger partial charge is 0.219 e. The van der Waals surface area contributed by atoms with Gasteiger partial charge in [0, 0.05) is 20.5 Å². The molecule has 12 heavy (non-hydrogen) atoms. The van der Waals surface area contributed by atoms with E-state index in [2.05, 4.69) is 0 Å². The van der Waals surface area contributed by atoms with Gasteiger partial charge < -0.3 is 14.4 Å². The average molecular weight is 173 g/mol.